The highest BCUT2D eigenvalue weighted by Crippen LogP contribution is 2.19. The summed E-state index contributed by atoms with van der Waals surface area (Å²) >= 11 is 0. The van der Waals surface area contributed by atoms with E-state index in [4.69, 9.17) is 0 Å². The largest absolute Gasteiger partial charge is 0.357 e. The quantitative estimate of drug-likeness (QED) is 0.167. The first-order valence-corrected chi connectivity index (χ1v) is 9.97. The number of hydrogen-bond acceptors (Lipinski definition) is 3. The molecule has 7 nitrogen and oxygen atoms in total. The van der Waals surface area contributed by atoms with E-state index in [-0.39, 0.29) is 30.5 Å². The predicted molar refractivity (Wildman–Crippen MR) is 131 cm³/mol. The lowest BCUT2D eigenvalue weighted by molar-refractivity contribution is -0.115. The first kappa shape index (κ1) is 26.2. The summed E-state index contributed by atoms with van der Waals surface area (Å²) in [6, 6.07) is 11.4. The van der Waals surface area contributed by atoms with Crippen LogP contribution in [0.4, 0.5) is 18.9 Å². The number of carbonyl (C=O) groups excluding carboxylic acids is 1. The number of benzene rings is 2. The molecule has 0 spiro atoms. The molecule has 3 aromatic rings. The van der Waals surface area contributed by atoms with Gasteiger partial charge in [-0.05, 0) is 36.2 Å². The van der Waals surface area contributed by atoms with Gasteiger partial charge in [-0.3, -0.25) is 9.48 Å². The lowest BCUT2D eigenvalue weighted by Gasteiger charge is -2.13. The van der Waals surface area contributed by atoms with Crippen LogP contribution in [0, 0.1) is 17.5 Å². The van der Waals surface area contributed by atoms with Crippen molar-refractivity contribution < 1.29 is 18.0 Å². The van der Waals surface area contributed by atoms with Crippen LogP contribution in [0.25, 0.3) is 0 Å². The van der Waals surface area contributed by atoms with Crippen LogP contribution >= 0.6 is 24.0 Å². The van der Waals surface area contributed by atoms with Gasteiger partial charge < -0.3 is 16.0 Å². The molecule has 1 aromatic heterocycles. The van der Waals surface area contributed by atoms with E-state index in [0.717, 1.165) is 23.3 Å². The highest BCUT2D eigenvalue weighted by molar-refractivity contribution is 14.0. The third-order valence-electron chi connectivity index (χ3n) is 4.49. The average molecular weight is 572 g/mol. The minimum absolute atomic E-state index is 0. The molecule has 0 aliphatic carbocycles. The molecular formula is C22H24F3IN6O. The number of nitrogens with zero attached hydrogens (tertiary/aromatic N) is 3. The van der Waals surface area contributed by atoms with E-state index in [9.17, 15) is 18.0 Å². The summed E-state index contributed by atoms with van der Waals surface area (Å²) in [7, 11) is 0. The van der Waals surface area contributed by atoms with Crippen LogP contribution in [-0.2, 0) is 17.9 Å². The van der Waals surface area contributed by atoms with Gasteiger partial charge in [-0.25, -0.2) is 18.2 Å². The van der Waals surface area contributed by atoms with E-state index in [1.54, 1.807) is 6.20 Å². The third kappa shape index (κ3) is 7.48. The van der Waals surface area contributed by atoms with Gasteiger partial charge in [0.2, 0.25) is 5.91 Å². The zero-order valence-electron chi connectivity index (χ0n) is 17.8. The molecule has 33 heavy (non-hydrogen) atoms. The number of amides is 1. The molecule has 176 valence electrons. The number of guanidine groups is 1. The maximum Gasteiger partial charge on any atom is 0.243 e. The van der Waals surface area contributed by atoms with Crippen molar-refractivity contribution in [3.63, 3.8) is 0 Å². The average Bonchev–Trinajstić information content (AvgIpc) is 3.30. The molecule has 0 aliphatic heterocycles. The van der Waals surface area contributed by atoms with Crippen molar-refractivity contribution in [3.8, 4) is 0 Å². The molecular weight excluding hydrogens is 548 g/mol. The number of rotatable bonds is 8. The number of aromatic nitrogens is 2. The second-order valence-electron chi connectivity index (χ2n) is 6.79. The van der Waals surface area contributed by atoms with Gasteiger partial charge in [-0.15, -0.1) is 24.0 Å². The van der Waals surface area contributed by atoms with Crippen molar-refractivity contribution in [2.75, 3.05) is 18.4 Å². The molecule has 1 amide bonds. The normalized spacial score (nSPS) is 11.0. The molecule has 0 unspecified atom stereocenters. The minimum atomic E-state index is -1.64. The number of hydrogen-bond donors (Lipinski definition) is 3. The summed E-state index contributed by atoms with van der Waals surface area (Å²) in [5, 5.41) is 12.3. The molecule has 0 saturated heterocycles. The topological polar surface area (TPSA) is 83.3 Å². The fraction of sp³-hybridized carbons (Fsp3) is 0.227. The highest BCUT2D eigenvalue weighted by atomic mass is 127. The molecule has 0 radical (unpaired) electrons. The van der Waals surface area contributed by atoms with Gasteiger partial charge in [0.15, 0.2) is 23.4 Å². The molecule has 2 aromatic carbocycles. The number of halogens is 4. The van der Waals surface area contributed by atoms with Crippen molar-refractivity contribution >= 4 is 41.5 Å². The molecule has 11 heteroatoms. The molecule has 0 atom stereocenters. The number of carbonyl (C=O) groups is 1. The Hall–Kier alpha value is -3.09. The Morgan fingerprint density at radius 2 is 1.79 bits per heavy atom. The number of anilines is 1. The standard InChI is InChI=1S/C22H23F3N6O.HI/c1-2-26-22(28-13-19(32)30-18-9-8-17(23)20(24)21(18)25)27-12-15-6-3-4-7-16(15)14-31-11-5-10-29-31;/h3-11H,2,12-14H2,1H3,(H,30,32)(H2,26,27,28);1H. The molecule has 0 bridgehead atoms. The Balaban J connectivity index is 0.00000385. The van der Waals surface area contributed by atoms with Gasteiger partial charge in [0.1, 0.15) is 0 Å². The predicted octanol–water partition coefficient (Wildman–Crippen LogP) is 3.66. The molecule has 3 N–H and O–H groups in total. The van der Waals surface area contributed by atoms with E-state index in [1.165, 1.54) is 0 Å². The molecule has 0 fully saturated rings. The van der Waals surface area contributed by atoms with Crippen LogP contribution in [0.15, 0.2) is 59.9 Å². The van der Waals surface area contributed by atoms with E-state index < -0.39 is 29.0 Å². The van der Waals surface area contributed by atoms with Crippen LogP contribution in [0.1, 0.15) is 18.1 Å². The van der Waals surface area contributed by atoms with Gasteiger partial charge >= 0.3 is 0 Å². The summed E-state index contributed by atoms with van der Waals surface area (Å²) in [6.45, 7) is 3.13. The SMILES string of the molecule is CCNC(=NCc1ccccc1Cn1cccn1)NCC(=O)Nc1ccc(F)c(F)c1F.I. The Bertz CT molecular complexity index is 1090. The van der Waals surface area contributed by atoms with Crippen molar-refractivity contribution in [1.82, 2.24) is 20.4 Å². The summed E-state index contributed by atoms with van der Waals surface area (Å²) in [6.07, 6.45) is 3.59. The van der Waals surface area contributed by atoms with Crippen LogP contribution in [-0.4, -0.2) is 34.7 Å². The van der Waals surface area contributed by atoms with Crippen molar-refractivity contribution in [2.45, 2.75) is 20.0 Å². The zero-order chi connectivity index (χ0) is 22.9. The first-order valence-electron chi connectivity index (χ1n) is 9.97. The van der Waals surface area contributed by atoms with Crippen molar-refractivity contribution in [3.05, 3.63) is 83.4 Å². The number of nitrogens with one attached hydrogen (secondary N) is 3. The van der Waals surface area contributed by atoms with E-state index >= 15 is 0 Å². The summed E-state index contributed by atoms with van der Waals surface area (Å²) < 4.78 is 41.9. The maximum absolute atomic E-state index is 13.7. The molecule has 3 rings (SSSR count). The zero-order valence-corrected chi connectivity index (χ0v) is 20.1. The molecule has 1 heterocycles. The lowest BCUT2D eigenvalue weighted by atomic mass is 10.1. The smallest absolute Gasteiger partial charge is 0.243 e. The molecule has 0 aliphatic rings. The van der Waals surface area contributed by atoms with Gasteiger partial charge in [-0.1, -0.05) is 24.3 Å². The van der Waals surface area contributed by atoms with Crippen molar-refractivity contribution in [2.24, 2.45) is 4.99 Å². The monoisotopic (exact) mass is 572 g/mol. The second-order valence-corrected chi connectivity index (χ2v) is 6.79. The maximum atomic E-state index is 13.7. The summed E-state index contributed by atoms with van der Waals surface area (Å²) in [4.78, 5) is 16.6. The van der Waals surface area contributed by atoms with Gasteiger partial charge in [0.05, 0.1) is 25.3 Å². The summed E-state index contributed by atoms with van der Waals surface area (Å²) in [5.74, 6) is -4.68. The second kappa shape index (κ2) is 12.8. The number of aliphatic imine (C=N–C) groups is 1. The Kier molecular flexibility index (Phi) is 10.2. The summed E-state index contributed by atoms with van der Waals surface area (Å²) in [5.41, 5.74) is 1.61. The highest BCUT2D eigenvalue weighted by Gasteiger charge is 2.15. The van der Waals surface area contributed by atoms with Crippen LogP contribution < -0.4 is 16.0 Å². The van der Waals surface area contributed by atoms with E-state index in [2.05, 4.69) is 26.0 Å². The first-order chi connectivity index (χ1) is 15.5. The Labute approximate surface area is 206 Å². The van der Waals surface area contributed by atoms with E-state index in [1.807, 2.05) is 48.1 Å². The van der Waals surface area contributed by atoms with Crippen LogP contribution in [0.2, 0.25) is 0 Å². The minimum Gasteiger partial charge on any atom is -0.357 e. The third-order valence-corrected chi connectivity index (χ3v) is 4.49. The Morgan fingerprint density at radius 3 is 2.48 bits per heavy atom. The Morgan fingerprint density at radius 1 is 1.03 bits per heavy atom. The van der Waals surface area contributed by atoms with Gasteiger partial charge in [-0.2, -0.15) is 5.10 Å². The van der Waals surface area contributed by atoms with Crippen LogP contribution in [0.5, 0.6) is 0 Å². The lowest BCUT2D eigenvalue weighted by Crippen LogP contribution is -2.41. The van der Waals surface area contributed by atoms with Crippen LogP contribution in [0.3, 0.4) is 0 Å². The van der Waals surface area contributed by atoms with E-state index in [0.29, 0.717) is 25.6 Å². The molecule has 0 saturated carbocycles. The van der Waals surface area contributed by atoms with Crippen molar-refractivity contribution in [1.29, 1.82) is 0 Å². The fourth-order valence-corrected chi connectivity index (χ4v) is 2.92. The van der Waals surface area contributed by atoms with Gasteiger partial charge in [0.25, 0.3) is 0 Å². The fourth-order valence-electron chi connectivity index (χ4n) is 2.92. The van der Waals surface area contributed by atoms with Gasteiger partial charge in [0, 0.05) is 18.9 Å².